The molecule has 0 saturated carbocycles. The summed E-state index contributed by atoms with van der Waals surface area (Å²) in [5, 5.41) is 10.7. The van der Waals surface area contributed by atoms with Crippen molar-refractivity contribution in [2.75, 3.05) is 35.8 Å². The highest BCUT2D eigenvalue weighted by Gasteiger charge is 2.22. The highest BCUT2D eigenvalue weighted by Crippen LogP contribution is 2.22. The fraction of sp³-hybridized carbons (Fsp3) is 0.217. The summed E-state index contributed by atoms with van der Waals surface area (Å²) < 4.78 is 27.7. The molecule has 1 N–H and O–H groups in total. The zero-order valence-corrected chi connectivity index (χ0v) is 18.9. The van der Waals surface area contributed by atoms with Gasteiger partial charge in [-0.05, 0) is 60.3 Å². The first-order valence-electron chi connectivity index (χ1n) is 10.2. The maximum absolute atomic E-state index is 13.1. The van der Waals surface area contributed by atoms with E-state index in [1.54, 1.807) is 58.8 Å². The summed E-state index contributed by atoms with van der Waals surface area (Å²) in [4.78, 5) is 17.1. The summed E-state index contributed by atoms with van der Waals surface area (Å²) in [7, 11) is -3.67. The first-order chi connectivity index (χ1) is 15.5. The SMILES string of the molecule is N#Cc1ccc(N2CCCN(C(=O)c3cccc(NS(=O)(=O)c4cccs4)c3)CC2)cc1. The molecule has 1 saturated heterocycles. The first-order valence-corrected chi connectivity index (χ1v) is 12.5. The predicted octanol–water partition coefficient (Wildman–Crippen LogP) is 3.77. The number of nitriles is 1. The van der Waals surface area contributed by atoms with E-state index in [9.17, 15) is 13.2 Å². The second kappa shape index (κ2) is 9.42. The maximum atomic E-state index is 13.1. The maximum Gasteiger partial charge on any atom is 0.271 e. The van der Waals surface area contributed by atoms with E-state index in [2.05, 4.69) is 15.7 Å². The van der Waals surface area contributed by atoms with Gasteiger partial charge in [-0.15, -0.1) is 11.3 Å². The standard InChI is InChI=1S/C23H22N4O3S2/c24-17-18-7-9-21(10-8-18)26-11-3-12-27(14-13-26)23(28)19-4-1-5-20(16-19)25-32(29,30)22-6-2-15-31-22/h1-2,4-10,15-16,25H,3,11-14H2. The van der Waals surface area contributed by atoms with Crippen LogP contribution in [0.1, 0.15) is 22.3 Å². The van der Waals surface area contributed by atoms with Gasteiger partial charge >= 0.3 is 0 Å². The lowest BCUT2D eigenvalue weighted by Gasteiger charge is -2.24. The molecule has 0 bridgehead atoms. The fourth-order valence-corrected chi connectivity index (χ4v) is 5.69. The third-order valence-electron chi connectivity index (χ3n) is 5.27. The van der Waals surface area contributed by atoms with Crippen molar-refractivity contribution < 1.29 is 13.2 Å². The Balaban J connectivity index is 1.44. The minimum atomic E-state index is -3.67. The third-order valence-corrected chi connectivity index (χ3v) is 8.05. The Bertz CT molecular complexity index is 1230. The first kappa shape index (κ1) is 21.9. The van der Waals surface area contributed by atoms with Crippen LogP contribution in [0.4, 0.5) is 11.4 Å². The molecule has 0 spiro atoms. The molecular formula is C23H22N4O3S2. The van der Waals surface area contributed by atoms with Crippen LogP contribution in [-0.4, -0.2) is 45.4 Å². The third kappa shape index (κ3) is 4.93. The lowest BCUT2D eigenvalue weighted by atomic mass is 10.1. The van der Waals surface area contributed by atoms with Gasteiger partial charge in [-0.25, -0.2) is 8.42 Å². The van der Waals surface area contributed by atoms with Gasteiger partial charge in [-0.3, -0.25) is 9.52 Å². The van der Waals surface area contributed by atoms with Gasteiger partial charge in [-0.1, -0.05) is 12.1 Å². The van der Waals surface area contributed by atoms with E-state index in [-0.39, 0.29) is 10.1 Å². The van der Waals surface area contributed by atoms with Gasteiger partial charge in [0.2, 0.25) is 0 Å². The quantitative estimate of drug-likeness (QED) is 0.618. The van der Waals surface area contributed by atoms with Crippen LogP contribution in [0.3, 0.4) is 0 Å². The van der Waals surface area contributed by atoms with Crippen LogP contribution in [0.25, 0.3) is 0 Å². The van der Waals surface area contributed by atoms with E-state index in [0.29, 0.717) is 36.4 Å². The molecule has 1 aliphatic heterocycles. The second-order valence-corrected chi connectivity index (χ2v) is 10.3. The molecule has 1 aliphatic rings. The number of rotatable bonds is 5. The smallest absolute Gasteiger partial charge is 0.271 e. The van der Waals surface area contributed by atoms with Crippen LogP contribution in [0.5, 0.6) is 0 Å². The Hall–Kier alpha value is -3.35. The molecule has 3 aromatic rings. The molecule has 4 rings (SSSR count). The topological polar surface area (TPSA) is 93.5 Å². The van der Waals surface area contributed by atoms with Crippen molar-refractivity contribution in [1.82, 2.24) is 4.90 Å². The van der Waals surface area contributed by atoms with Gasteiger partial charge < -0.3 is 9.80 Å². The van der Waals surface area contributed by atoms with Crippen LogP contribution in [0, 0.1) is 11.3 Å². The van der Waals surface area contributed by atoms with Crippen molar-refractivity contribution in [3.63, 3.8) is 0 Å². The molecule has 9 heteroatoms. The van der Waals surface area contributed by atoms with E-state index in [0.717, 1.165) is 30.0 Å². The molecule has 0 aliphatic carbocycles. The fourth-order valence-electron chi connectivity index (χ4n) is 3.65. The lowest BCUT2D eigenvalue weighted by Crippen LogP contribution is -2.35. The van der Waals surface area contributed by atoms with Gasteiger partial charge in [0.25, 0.3) is 15.9 Å². The van der Waals surface area contributed by atoms with Gasteiger partial charge in [0.15, 0.2) is 0 Å². The number of thiophene rings is 1. The summed E-state index contributed by atoms with van der Waals surface area (Å²) in [6.45, 7) is 2.68. The summed E-state index contributed by atoms with van der Waals surface area (Å²) in [6, 6.07) is 19.4. The van der Waals surface area contributed by atoms with Gasteiger partial charge in [0.1, 0.15) is 4.21 Å². The zero-order chi connectivity index (χ0) is 22.6. The van der Waals surface area contributed by atoms with Gasteiger partial charge in [0.05, 0.1) is 11.6 Å². The average Bonchev–Trinajstić information content (AvgIpc) is 3.25. The Kier molecular flexibility index (Phi) is 6.44. The van der Waals surface area contributed by atoms with E-state index in [1.807, 2.05) is 12.1 Å². The average molecular weight is 467 g/mol. The molecule has 2 aromatic carbocycles. The molecule has 0 radical (unpaired) electrons. The number of anilines is 2. The van der Waals surface area contributed by atoms with Crippen molar-refractivity contribution in [2.45, 2.75) is 10.6 Å². The molecule has 32 heavy (non-hydrogen) atoms. The van der Waals surface area contributed by atoms with Crippen molar-refractivity contribution in [2.24, 2.45) is 0 Å². The van der Waals surface area contributed by atoms with Crippen molar-refractivity contribution >= 4 is 38.6 Å². The number of carbonyl (C=O) groups is 1. The van der Waals surface area contributed by atoms with E-state index >= 15 is 0 Å². The normalized spacial score (nSPS) is 14.5. The highest BCUT2D eigenvalue weighted by molar-refractivity contribution is 7.94. The Labute approximate surface area is 191 Å². The second-order valence-electron chi connectivity index (χ2n) is 7.41. The molecule has 164 valence electrons. The predicted molar refractivity (Wildman–Crippen MR) is 125 cm³/mol. The van der Waals surface area contributed by atoms with Crippen LogP contribution in [0.15, 0.2) is 70.3 Å². The highest BCUT2D eigenvalue weighted by atomic mass is 32.2. The minimum Gasteiger partial charge on any atom is -0.370 e. The summed E-state index contributed by atoms with van der Waals surface area (Å²) in [5.74, 6) is -0.121. The number of hydrogen-bond acceptors (Lipinski definition) is 6. The van der Waals surface area contributed by atoms with Crippen molar-refractivity contribution in [1.29, 1.82) is 5.26 Å². The number of amides is 1. The number of benzene rings is 2. The molecule has 1 aromatic heterocycles. The van der Waals surface area contributed by atoms with Gasteiger partial charge in [0, 0.05) is 43.1 Å². The van der Waals surface area contributed by atoms with Crippen LogP contribution >= 0.6 is 11.3 Å². The molecule has 0 atom stereocenters. The Morgan fingerprint density at radius 1 is 1.00 bits per heavy atom. The molecular weight excluding hydrogens is 444 g/mol. The number of sulfonamides is 1. The van der Waals surface area contributed by atoms with Gasteiger partial charge in [-0.2, -0.15) is 5.26 Å². The number of carbonyl (C=O) groups excluding carboxylic acids is 1. The summed E-state index contributed by atoms with van der Waals surface area (Å²) in [5.41, 5.74) is 2.46. The van der Waals surface area contributed by atoms with Crippen molar-refractivity contribution in [3.8, 4) is 6.07 Å². The summed E-state index contributed by atoms with van der Waals surface area (Å²) >= 11 is 1.14. The van der Waals surface area contributed by atoms with Crippen molar-refractivity contribution in [3.05, 3.63) is 77.2 Å². The summed E-state index contributed by atoms with van der Waals surface area (Å²) in [6.07, 6.45) is 0.816. The van der Waals surface area contributed by atoms with Crippen LogP contribution in [-0.2, 0) is 10.0 Å². The monoisotopic (exact) mass is 466 g/mol. The Morgan fingerprint density at radius 3 is 2.53 bits per heavy atom. The minimum absolute atomic E-state index is 0.121. The number of nitrogens with one attached hydrogen (secondary N) is 1. The van der Waals surface area contributed by atoms with E-state index in [1.165, 1.54) is 0 Å². The van der Waals surface area contributed by atoms with E-state index < -0.39 is 10.0 Å². The largest absolute Gasteiger partial charge is 0.370 e. The van der Waals surface area contributed by atoms with Crippen LogP contribution in [0.2, 0.25) is 0 Å². The molecule has 1 amide bonds. The molecule has 0 unspecified atom stereocenters. The molecule has 7 nitrogen and oxygen atoms in total. The van der Waals surface area contributed by atoms with Crippen LogP contribution < -0.4 is 9.62 Å². The zero-order valence-electron chi connectivity index (χ0n) is 17.3. The molecule has 1 fully saturated rings. The van der Waals surface area contributed by atoms with E-state index in [4.69, 9.17) is 5.26 Å². The lowest BCUT2D eigenvalue weighted by molar-refractivity contribution is 0.0767. The number of hydrogen-bond donors (Lipinski definition) is 1. The Morgan fingerprint density at radius 2 is 1.81 bits per heavy atom. The molecule has 2 heterocycles. The number of nitrogens with zero attached hydrogens (tertiary/aromatic N) is 3.